The van der Waals surface area contributed by atoms with Gasteiger partial charge in [0, 0.05) is 22.5 Å². The van der Waals surface area contributed by atoms with Gasteiger partial charge in [0.05, 0.1) is 0 Å². The zero-order valence-electron chi connectivity index (χ0n) is 11.9. The van der Waals surface area contributed by atoms with Gasteiger partial charge < -0.3 is 0 Å². The van der Waals surface area contributed by atoms with Gasteiger partial charge in [-0.2, -0.15) is 0 Å². The first-order chi connectivity index (χ1) is 9.63. The normalized spacial score (nSPS) is 11.2. The first-order valence-electron chi connectivity index (χ1n) is 6.79. The van der Waals surface area contributed by atoms with E-state index in [-0.39, 0.29) is 0 Å². The molecule has 3 rings (SSSR count). The van der Waals surface area contributed by atoms with E-state index in [9.17, 15) is 0 Å². The van der Waals surface area contributed by atoms with Crippen molar-refractivity contribution in [2.45, 2.75) is 27.2 Å². The fourth-order valence-electron chi connectivity index (χ4n) is 2.68. The first-order valence-corrected chi connectivity index (χ1v) is 7.20. The molecule has 0 aliphatic heterocycles. The van der Waals surface area contributed by atoms with E-state index in [1.807, 2.05) is 29.6 Å². The number of hydrogen-bond acceptors (Lipinski definition) is 2. The Morgan fingerprint density at radius 3 is 2.55 bits per heavy atom. The van der Waals surface area contributed by atoms with Crippen LogP contribution in [-0.4, -0.2) is 14.6 Å². The van der Waals surface area contributed by atoms with Crippen molar-refractivity contribution in [2.75, 3.05) is 0 Å². The van der Waals surface area contributed by atoms with Crippen molar-refractivity contribution in [3.63, 3.8) is 0 Å². The van der Waals surface area contributed by atoms with Gasteiger partial charge in [0.2, 0.25) is 0 Å². The Labute approximate surface area is 123 Å². The lowest BCUT2D eigenvalue weighted by molar-refractivity contribution is 0.866. The SMILES string of the molecule is CCc1c(C)nc2c(-c3ccccc3)c(C)[nH]n2c1=S. The lowest BCUT2D eigenvalue weighted by Crippen LogP contribution is -2.01. The number of rotatable bonds is 2. The lowest BCUT2D eigenvalue weighted by atomic mass is 10.1. The summed E-state index contributed by atoms with van der Waals surface area (Å²) in [7, 11) is 0. The minimum atomic E-state index is 0.834. The Hall–Kier alpha value is -1.94. The number of aromatic amines is 1. The van der Waals surface area contributed by atoms with Gasteiger partial charge in [0.1, 0.15) is 4.64 Å². The third kappa shape index (κ3) is 1.88. The molecule has 3 nitrogen and oxygen atoms in total. The summed E-state index contributed by atoms with van der Waals surface area (Å²) in [5.74, 6) is 0. The van der Waals surface area contributed by atoms with Crippen molar-refractivity contribution in [3.8, 4) is 11.1 Å². The Morgan fingerprint density at radius 1 is 1.20 bits per heavy atom. The number of H-pyrrole nitrogens is 1. The molecule has 2 heterocycles. The van der Waals surface area contributed by atoms with Crippen LogP contribution in [0.5, 0.6) is 0 Å². The second-order valence-electron chi connectivity index (χ2n) is 4.97. The Balaban J connectivity index is 2.41. The molecule has 2 aromatic heterocycles. The number of aromatic nitrogens is 3. The highest BCUT2D eigenvalue weighted by atomic mass is 32.1. The highest BCUT2D eigenvalue weighted by molar-refractivity contribution is 7.71. The average Bonchev–Trinajstić information content (AvgIpc) is 2.77. The number of fused-ring (bicyclic) bond motifs is 1. The van der Waals surface area contributed by atoms with Crippen LogP contribution in [-0.2, 0) is 6.42 Å². The number of benzene rings is 1. The monoisotopic (exact) mass is 283 g/mol. The van der Waals surface area contributed by atoms with E-state index < -0.39 is 0 Å². The molecule has 1 N–H and O–H groups in total. The molecule has 0 saturated heterocycles. The standard InChI is InChI=1S/C16H17N3S/c1-4-13-10(2)17-15-14(12-8-6-5-7-9-12)11(3)18-19(15)16(13)20/h5-9,18H,4H2,1-3H3. The van der Waals surface area contributed by atoms with Crippen LogP contribution in [0.4, 0.5) is 0 Å². The fourth-order valence-corrected chi connectivity index (χ4v) is 3.11. The summed E-state index contributed by atoms with van der Waals surface area (Å²) in [5.41, 5.74) is 6.44. The fraction of sp³-hybridized carbons (Fsp3) is 0.250. The molecule has 0 atom stereocenters. The molecule has 3 aromatic rings. The van der Waals surface area contributed by atoms with Crippen molar-refractivity contribution in [2.24, 2.45) is 0 Å². The van der Waals surface area contributed by atoms with Gasteiger partial charge in [0.15, 0.2) is 5.65 Å². The molecular formula is C16H17N3S. The molecule has 102 valence electrons. The van der Waals surface area contributed by atoms with Crippen molar-refractivity contribution in [1.82, 2.24) is 14.6 Å². The smallest absolute Gasteiger partial charge is 0.162 e. The Morgan fingerprint density at radius 2 is 1.90 bits per heavy atom. The molecule has 0 fully saturated rings. The van der Waals surface area contributed by atoms with Gasteiger partial charge in [0.25, 0.3) is 0 Å². The van der Waals surface area contributed by atoms with Crippen LogP contribution >= 0.6 is 12.2 Å². The maximum absolute atomic E-state index is 5.59. The molecule has 0 saturated carbocycles. The van der Waals surface area contributed by atoms with Crippen LogP contribution in [0.3, 0.4) is 0 Å². The molecule has 1 aromatic carbocycles. The highest BCUT2D eigenvalue weighted by Crippen LogP contribution is 2.28. The summed E-state index contributed by atoms with van der Waals surface area (Å²) in [6.45, 7) is 6.21. The molecule has 0 aliphatic carbocycles. The molecule has 4 heteroatoms. The second-order valence-corrected chi connectivity index (χ2v) is 5.36. The predicted molar refractivity (Wildman–Crippen MR) is 84.7 cm³/mol. The summed E-state index contributed by atoms with van der Waals surface area (Å²) >= 11 is 5.59. The van der Waals surface area contributed by atoms with Crippen molar-refractivity contribution >= 4 is 17.9 Å². The zero-order chi connectivity index (χ0) is 14.3. The molecule has 0 amide bonds. The molecule has 20 heavy (non-hydrogen) atoms. The molecule has 0 radical (unpaired) electrons. The quantitative estimate of drug-likeness (QED) is 0.714. The van der Waals surface area contributed by atoms with Gasteiger partial charge in [-0.1, -0.05) is 49.5 Å². The van der Waals surface area contributed by atoms with Gasteiger partial charge in [-0.05, 0) is 25.8 Å². The van der Waals surface area contributed by atoms with Crippen LogP contribution < -0.4 is 0 Å². The summed E-state index contributed by atoms with van der Waals surface area (Å²) < 4.78 is 2.76. The minimum Gasteiger partial charge on any atom is -0.295 e. The molecule has 0 bridgehead atoms. The Kier molecular flexibility index (Phi) is 3.18. The van der Waals surface area contributed by atoms with E-state index in [1.165, 1.54) is 0 Å². The van der Waals surface area contributed by atoms with Gasteiger partial charge in [-0.3, -0.25) is 5.10 Å². The van der Waals surface area contributed by atoms with E-state index in [4.69, 9.17) is 17.2 Å². The third-order valence-electron chi connectivity index (χ3n) is 3.68. The zero-order valence-corrected chi connectivity index (χ0v) is 12.7. The topological polar surface area (TPSA) is 33.1 Å². The van der Waals surface area contributed by atoms with Crippen molar-refractivity contribution in [1.29, 1.82) is 0 Å². The van der Waals surface area contributed by atoms with E-state index in [1.54, 1.807) is 0 Å². The molecular weight excluding hydrogens is 266 g/mol. The molecule has 0 unspecified atom stereocenters. The second kappa shape index (κ2) is 4.87. The van der Waals surface area contributed by atoms with Crippen LogP contribution in [0.2, 0.25) is 0 Å². The number of aryl methyl sites for hydroxylation is 2. The van der Waals surface area contributed by atoms with Gasteiger partial charge in [-0.25, -0.2) is 9.50 Å². The lowest BCUT2D eigenvalue weighted by Gasteiger charge is -2.05. The van der Waals surface area contributed by atoms with Crippen LogP contribution in [0.15, 0.2) is 30.3 Å². The van der Waals surface area contributed by atoms with E-state index >= 15 is 0 Å². The average molecular weight is 283 g/mol. The number of hydrogen-bond donors (Lipinski definition) is 1. The minimum absolute atomic E-state index is 0.834. The first kappa shape index (κ1) is 13.1. The molecule has 0 aliphatic rings. The molecule has 0 spiro atoms. The van der Waals surface area contributed by atoms with Crippen LogP contribution in [0.1, 0.15) is 23.9 Å². The summed E-state index contributed by atoms with van der Waals surface area (Å²) in [4.78, 5) is 4.77. The number of nitrogens with one attached hydrogen (secondary N) is 1. The van der Waals surface area contributed by atoms with Crippen molar-refractivity contribution < 1.29 is 0 Å². The van der Waals surface area contributed by atoms with E-state index in [0.29, 0.717) is 0 Å². The summed E-state index contributed by atoms with van der Waals surface area (Å²) in [5, 5.41) is 3.35. The van der Waals surface area contributed by atoms with Crippen molar-refractivity contribution in [3.05, 3.63) is 51.9 Å². The van der Waals surface area contributed by atoms with Gasteiger partial charge in [-0.15, -0.1) is 0 Å². The summed E-state index contributed by atoms with van der Waals surface area (Å²) in [6.07, 6.45) is 0.902. The Bertz CT molecular complexity index is 828. The van der Waals surface area contributed by atoms with Crippen LogP contribution in [0.25, 0.3) is 16.8 Å². The largest absolute Gasteiger partial charge is 0.295 e. The predicted octanol–water partition coefficient (Wildman–Crippen LogP) is 4.24. The van der Waals surface area contributed by atoms with E-state index in [0.717, 1.165) is 44.8 Å². The van der Waals surface area contributed by atoms with Crippen LogP contribution in [0, 0.1) is 18.5 Å². The maximum atomic E-state index is 5.59. The summed E-state index contributed by atoms with van der Waals surface area (Å²) in [6, 6.07) is 10.3. The third-order valence-corrected chi connectivity index (χ3v) is 4.11. The van der Waals surface area contributed by atoms with E-state index in [2.05, 4.69) is 31.1 Å². The number of nitrogens with zero attached hydrogens (tertiary/aromatic N) is 2. The highest BCUT2D eigenvalue weighted by Gasteiger charge is 2.14. The van der Waals surface area contributed by atoms with Gasteiger partial charge >= 0.3 is 0 Å². The maximum Gasteiger partial charge on any atom is 0.162 e.